The molecule has 0 fully saturated rings. The van der Waals surface area contributed by atoms with Gasteiger partial charge >= 0.3 is 16.4 Å². The fourth-order valence-electron chi connectivity index (χ4n) is 3.43. The average Bonchev–Trinajstić information content (AvgIpc) is 2.94. The van der Waals surface area contributed by atoms with E-state index in [0.717, 1.165) is 12.1 Å². The Balaban J connectivity index is 2.06. The van der Waals surface area contributed by atoms with E-state index >= 15 is 0 Å². The zero-order chi connectivity index (χ0) is 34.6. The van der Waals surface area contributed by atoms with Crippen LogP contribution in [0.4, 0.5) is 11.4 Å². The zero-order valence-corrected chi connectivity index (χ0v) is 25.8. The van der Waals surface area contributed by atoms with Crippen molar-refractivity contribution in [3.8, 4) is 0 Å². The predicted octanol–water partition coefficient (Wildman–Crippen LogP) is -1.47. The first-order valence-corrected chi connectivity index (χ1v) is 17.3. The predicted molar refractivity (Wildman–Crippen MR) is 157 cm³/mol. The number of rotatable bonds is 13. The molecule has 0 saturated heterocycles. The smallest absolute Gasteiger partial charge is 0.397 e. The molecule has 3 aromatic carbocycles. The average molecular weight is 720 g/mol. The van der Waals surface area contributed by atoms with Crippen molar-refractivity contribution in [2.24, 2.45) is 10.2 Å². The third-order valence-electron chi connectivity index (χ3n) is 5.59. The van der Waals surface area contributed by atoms with Crippen molar-refractivity contribution < 1.29 is 57.2 Å². The Bertz CT molecular complexity index is 2310. The number of anilines is 2. The highest BCUT2D eigenvalue weighted by Gasteiger charge is 2.23. The molecule has 46 heavy (non-hydrogen) atoms. The molecule has 3 aromatic rings. The Morgan fingerprint density at radius 3 is 2.09 bits per heavy atom. The van der Waals surface area contributed by atoms with Gasteiger partial charge in [0.15, 0.2) is 15.2 Å². The fourth-order valence-corrected chi connectivity index (χ4v) is 6.01. The third kappa shape index (κ3) is 9.04. The number of aromatic carboxylic acids is 1. The molecular formula is C23H19N4O15S4-. The molecule has 0 bridgehead atoms. The molecule has 0 aromatic heterocycles. The number of carboxylic acids is 1. The number of hydrogen-bond donors (Lipinski definition) is 5. The summed E-state index contributed by atoms with van der Waals surface area (Å²) >= 11 is -2.60. The van der Waals surface area contributed by atoms with Crippen molar-refractivity contribution in [2.45, 2.75) is 9.79 Å². The zero-order valence-electron chi connectivity index (χ0n) is 22.5. The maximum atomic E-state index is 13.1. The van der Waals surface area contributed by atoms with Gasteiger partial charge in [-0.3, -0.25) is 33.8 Å². The molecule has 1 unspecified atom stereocenters. The van der Waals surface area contributed by atoms with Gasteiger partial charge in [0.1, 0.15) is 10.3 Å². The number of carboxylic acid groups (broad SMARTS) is 1. The summed E-state index contributed by atoms with van der Waals surface area (Å²) in [5.74, 6) is -2.78. The Labute approximate surface area is 260 Å². The molecule has 0 heterocycles. The summed E-state index contributed by atoms with van der Waals surface area (Å²) in [6.07, 6.45) is 0. The van der Waals surface area contributed by atoms with Gasteiger partial charge < -0.3 is 9.66 Å². The summed E-state index contributed by atoms with van der Waals surface area (Å²) in [6, 6.07) is 7.78. The molecule has 23 heteroatoms. The van der Waals surface area contributed by atoms with Gasteiger partial charge in [-0.2, -0.15) is 27.0 Å². The molecule has 1 atom stereocenters. The van der Waals surface area contributed by atoms with E-state index in [4.69, 9.17) is 4.55 Å². The molecule has 0 radical (unpaired) electrons. The van der Waals surface area contributed by atoms with Crippen molar-refractivity contribution in [1.29, 1.82) is 0 Å². The van der Waals surface area contributed by atoms with Crippen LogP contribution in [0.2, 0.25) is 0 Å². The summed E-state index contributed by atoms with van der Waals surface area (Å²) in [4.78, 5) is 35.3. The van der Waals surface area contributed by atoms with E-state index in [1.165, 1.54) is 24.3 Å². The van der Waals surface area contributed by atoms with Gasteiger partial charge in [-0.15, -0.1) is 0 Å². The van der Waals surface area contributed by atoms with Gasteiger partial charge in [0.05, 0.1) is 34.2 Å². The van der Waals surface area contributed by atoms with E-state index in [1.54, 1.807) is 0 Å². The first-order chi connectivity index (χ1) is 21.2. The SMILES string of the molecule is C=C(c1ccc(N/N=c2/c(C(=O)O)cc(=O)/c(=N\Nc3ccc(S(=O)(=O)CCOS(=O)(=O)O)cc3S(=O)(=O)O)c2=O)cc1)S(=O)[O-]. The molecule has 0 saturated carbocycles. The molecule has 0 spiro atoms. The van der Waals surface area contributed by atoms with E-state index in [0.29, 0.717) is 12.1 Å². The molecule has 0 aliphatic heterocycles. The Morgan fingerprint density at radius 2 is 1.54 bits per heavy atom. The summed E-state index contributed by atoms with van der Waals surface area (Å²) in [7, 11) is -14.7. The lowest BCUT2D eigenvalue weighted by Crippen LogP contribution is -2.50. The van der Waals surface area contributed by atoms with Gasteiger partial charge in [0, 0.05) is 11.0 Å². The Kier molecular flexibility index (Phi) is 10.9. The number of nitrogens with zero attached hydrogens (tertiary/aromatic N) is 2. The highest BCUT2D eigenvalue weighted by molar-refractivity contribution is 7.91. The minimum atomic E-state index is -5.22. The third-order valence-corrected chi connectivity index (χ3v) is 9.26. The van der Waals surface area contributed by atoms with Gasteiger partial charge in [0.25, 0.3) is 10.1 Å². The van der Waals surface area contributed by atoms with Crippen LogP contribution in [0.1, 0.15) is 15.9 Å². The first kappa shape index (κ1) is 36.0. The maximum absolute atomic E-state index is 13.1. The molecule has 0 aliphatic rings. The molecule has 3 rings (SSSR count). The first-order valence-electron chi connectivity index (χ1n) is 11.8. The second-order valence-corrected chi connectivity index (χ2v) is 14.2. The van der Waals surface area contributed by atoms with E-state index in [9.17, 15) is 58.1 Å². The largest absolute Gasteiger partial charge is 0.768 e. The lowest BCUT2D eigenvalue weighted by Gasteiger charge is -2.10. The van der Waals surface area contributed by atoms with Crippen LogP contribution in [0.25, 0.3) is 4.91 Å². The van der Waals surface area contributed by atoms with Crippen LogP contribution < -0.4 is 32.4 Å². The topological polar surface area (TPSA) is 312 Å². The van der Waals surface area contributed by atoms with Crippen LogP contribution in [0.5, 0.6) is 0 Å². The quantitative estimate of drug-likeness (QED) is 0.0764. The van der Waals surface area contributed by atoms with E-state index in [2.05, 4.69) is 26.4 Å². The van der Waals surface area contributed by atoms with Gasteiger partial charge in [0.2, 0.25) is 10.9 Å². The molecule has 19 nitrogen and oxygen atoms in total. The van der Waals surface area contributed by atoms with Gasteiger partial charge in [-0.05, 0) is 47.0 Å². The number of benzene rings is 3. The Hall–Kier alpha value is -4.49. The molecule has 246 valence electrons. The number of nitrogens with one attached hydrogen (secondary N) is 2. The van der Waals surface area contributed by atoms with Crippen molar-refractivity contribution in [3.05, 3.63) is 97.4 Å². The molecular weight excluding hydrogens is 701 g/mol. The number of sulfone groups is 1. The van der Waals surface area contributed by atoms with Crippen molar-refractivity contribution in [1.82, 2.24) is 0 Å². The normalized spacial score (nSPS) is 13.7. The number of hydrogen-bond acceptors (Lipinski definition) is 16. The summed E-state index contributed by atoms with van der Waals surface area (Å²) in [5, 5.41) is 14.9. The van der Waals surface area contributed by atoms with E-state index in [-0.39, 0.29) is 16.2 Å². The number of carbonyl (C=O) groups is 1. The van der Waals surface area contributed by atoms with Crippen molar-refractivity contribution >= 4 is 63.7 Å². The molecule has 0 amide bonds. The van der Waals surface area contributed by atoms with Crippen LogP contribution in [-0.2, 0) is 45.6 Å². The van der Waals surface area contributed by atoms with Crippen LogP contribution in [-0.4, -0.2) is 66.6 Å². The lowest BCUT2D eigenvalue weighted by atomic mass is 10.2. The molecule has 0 aliphatic carbocycles. The van der Waals surface area contributed by atoms with Crippen molar-refractivity contribution in [2.75, 3.05) is 23.2 Å². The monoisotopic (exact) mass is 719 g/mol. The van der Waals surface area contributed by atoms with Crippen LogP contribution in [0.15, 0.2) is 84.7 Å². The maximum Gasteiger partial charge on any atom is 0.397 e. The summed E-state index contributed by atoms with van der Waals surface area (Å²) in [5.41, 5.74) is 0.638. The highest BCUT2D eigenvalue weighted by Crippen LogP contribution is 2.25. The fraction of sp³-hybridized carbons (Fsp3) is 0.0870. The minimum absolute atomic E-state index is 0.143. The van der Waals surface area contributed by atoms with Crippen LogP contribution in [0.3, 0.4) is 0 Å². The second kappa shape index (κ2) is 13.9. The van der Waals surface area contributed by atoms with Crippen LogP contribution >= 0.6 is 0 Å². The Morgan fingerprint density at radius 1 is 0.935 bits per heavy atom. The lowest BCUT2D eigenvalue weighted by molar-refractivity contribution is 0.0694. The van der Waals surface area contributed by atoms with Crippen LogP contribution in [0, 0.1) is 0 Å². The van der Waals surface area contributed by atoms with Gasteiger partial charge in [-0.1, -0.05) is 18.7 Å². The highest BCUT2D eigenvalue weighted by atomic mass is 32.3. The van der Waals surface area contributed by atoms with Gasteiger partial charge in [-0.25, -0.2) is 17.4 Å². The summed E-state index contributed by atoms with van der Waals surface area (Å²) in [6.45, 7) is 2.34. The standard InChI is InChI=1S/C23H20N4O15S4/c1-12(43(32)33)13-2-4-14(5-3-13)24-26-20-16(23(30)31)11-18(28)21(22(20)29)27-25-17-7-6-15(10-19(17)45(36,37)38)44(34,35)9-8-42-46(39,40)41/h2-7,10-11,24-25H,1,8-9H2,(H,30,31)(H,32,33)(H,36,37,38)(H,39,40,41)/p-1/b26-20-,27-21+. The van der Waals surface area contributed by atoms with Crippen molar-refractivity contribution in [3.63, 3.8) is 0 Å². The summed E-state index contributed by atoms with van der Waals surface area (Å²) < 4.78 is 115. The van der Waals surface area contributed by atoms with E-state index < -0.39 is 102 Å². The minimum Gasteiger partial charge on any atom is -0.768 e. The second-order valence-electron chi connectivity index (χ2n) is 8.64. The molecule has 5 N–H and O–H groups in total. The van der Waals surface area contributed by atoms with E-state index in [1.807, 2.05) is 5.43 Å².